The summed E-state index contributed by atoms with van der Waals surface area (Å²) < 4.78 is 5.57. The molecule has 7 nitrogen and oxygen atoms in total. The van der Waals surface area contributed by atoms with Gasteiger partial charge in [-0.3, -0.25) is 4.79 Å². The van der Waals surface area contributed by atoms with E-state index < -0.39 is 0 Å². The lowest BCUT2D eigenvalue weighted by atomic mass is 10.2. The number of aromatic nitrogens is 2. The lowest BCUT2D eigenvalue weighted by Gasteiger charge is -2.36. The van der Waals surface area contributed by atoms with Crippen molar-refractivity contribution in [2.45, 2.75) is 11.9 Å². The van der Waals surface area contributed by atoms with Crippen molar-refractivity contribution in [3.05, 3.63) is 67.0 Å². The fourth-order valence-electron chi connectivity index (χ4n) is 3.59. The summed E-state index contributed by atoms with van der Waals surface area (Å²) in [6.07, 6.45) is 1.57. The number of piperazine rings is 1. The molecule has 2 aromatic carbocycles. The molecule has 0 atom stereocenters. The summed E-state index contributed by atoms with van der Waals surface area (Å²) in [4.78, 5) is 25.9. The van der Waals surface area contributed by atoms with Crippen molar-refractivity contribution in [1.29, 1.82) is 0 Å². The van der Waals surface area contributed by atoms with E-state index in [-0.39, 0.29) is 11.7 Å². The first-order valence-electron chi connectivity index (χ1n) is 10.7. The van der Waals surface area contributed by atoms with Crippen molar-refractivity contribution in [2.24, 2.45) is 0 Å². The molecule has 2 heterocycles. The van der Waals surface area contributed by atoms with E-state index in [2.05, 4.69) is 49.4 Å². The number of thioether (sulfide) groups is 1. The van der Waals surface area contributed by atoms with E-state index in [4.69, 9.17) is 4.74 Å². The van der Waals surface area contributed by atoms with E-state index in [1.165, 1.54) is 17.4 Å². The van der Waals surface area contributed by atoms with Crippen molar-refractivity contribution < 1.29 is 9.53 Å². The Morgan fingerprint density at radius 3 is 2.50 bits per heavy atom. The average molecular weight is 450 g/mol. The highest BCUT2D eigenvalue weighted by atomic mass is 32.2. The van der Waals surface area contributed by atoms with Gasteiger partial charge in [-0.15, -0.1) is 0 Å². The molecule has 0 unspecified atom stereocenters. The van der Waals surface area contributed by atoms with Crippen molar-refractivity contribution in [2.75, 3.05) is 53.7 Å². The van der Waals surface area contributed by atoms with Crippen LogP contribution in [-0.4, -0.2) is 54.4 Å². The number of amides is 1. The van der Waals surface area contributed by atoms with Crippen LogP contribution in [0.5, 0.6) is 5.75 Å². The molecule has 4 rings (SSSR count). The molecule has 1 amide bonds. The van der Waals surface area contributed by atoms with Gasteiger partial charge in [-0.1, -0.05) is 42.1 Å². The SMILES string of the molecule is CCOc1ccccc1NC(=O)CSc1cc(N2CCN(c3ccccc3)CC2)ncn1. The van der Waals surface area contributed by atoms with Gasteiger partial charge in [0.1, 0.15) is 22.9 Å². The summed E-state index contributed by atoms with van der Waals surface area (Å²) in [6, 6.07) is 19.9. The van der Waals surface area contributed by atoms with E-state index in [0.717, 1.165) is 37.0 Å². The predicted molar refractivity (Wildman–Crippen MR) is 130 cm³/mol. The van der Waals surface area contributed by atoms with Crippen molar-refractivity contribution in [1.82, 2.24) is 9.97 Å². The lowest BCUT2D eigenvalue weighted by molar-refractivity contribution is -0.113. The maximum atomic E-state index is 12.5. The van der Waals surface area contributed by atoms with Crippen LogP contribution >= 0.6 is 11.8 Å². The maximum Gasteiger partial charge on any atom is 0.234 e. The highest BCUT2D eigenvalue weighted by Gasteiger charge is 2.19. The first kappa shape index (κ1) is 22.0. The fourth-order valence-corrected chi connectivity index (χ4v) is 4.25. The van der Waals surface area contributed by atoms with Gasteiger partial charge < -0.3 is 19.9 Å². The smallest absolute Gasteiger partial charge is 0.234 e. The van der Waals surface area contributed by atoms with Crippen LogP contribution in [0.15, 0.2) is 72.0 Å². The van der Waals surface area contributed by atoms with Gasteiger partial charge in [-0.25, -0.2) is 9.97 Å². The Labute approximate surface area is 192 Å². The Kier molecular flexibility index (Phi) is 7.45. The Morgan fingerprint density at radius 2 is 1.72 bits per heavy atom. The summed E-state index contributed by atoms with van der Waals surface area (Å²) >= 11 is 1.40. The minimum atomic E-state index is -0.0983. The summed E-state index contributed by atoms with van der Waals surface area (Å²) in [5, 5.41) is 3.71. The van der Waals surface area contributed by atoms with Crippen LogP contribution in [0, 0.1) is 0 Å². The third kappa shape index (κ3) is 5.70. The van der Waals surface area contributed by atoms with Crippen molar-refractivity contribution in [3.8, 4) is 5.75 Å². The quantitative estimate of drug-likeness (QED) is 0.413. The molecule has 166 valence electrons. The number of nitrogens with zero attached hydrogens (tertiary/aromatic N) is 4. The Morgan fingerprint density at radius 1 is 1.00 bits per heavy atom. The second-order valence-corrected chi connectivity index (χ2v) is 8.29. The molecule has 1 fully saturated rings. The maximum absolute atomic E-state index is 12.5. The van der Waals surface area contributed by atoms with Crippen molar-refractivity contribution >= 4 is 34.9 Å². The van der Waals surface area contributed by atoms with Crippen molar-refractivity contribution in [3.63, 3.8) is 0 Å². The molecule has 1 saturated heterocycles. The zero-order chi connectivity index (χ0) is 22.2. The Bertz CT molecular complexity index is 1030. The van der Waals surface area contributed by atoms with E-state index in [0.29, 0.717) is 18.0 Å². The minimum Gasteiger partial charge on any atom is -0.492 e. The molecule has 0 radical (unpaired) electrons. The van der Waals surface area contributed by atoms with E-state index >= 15 is 0 Å². The van der Waals surface area contributed by atoms with E-state index in [1.54, 1.807) is 6.33 Å². The molecule has 0 aliphatic carbocycles. The zero-order valence-electron chi connectivity index (χ0n) is 18.1. The molecule has 1 N–H and O–H groups in total. The number of anilines is 3. The van der Waals surface area contributed by atoms with E-state index in [9.17, 15) is 4.79 Å². The number of carbonyl (C=O) groups is 1. The zero-order valence-corrected chi connectivity index (χ0v) is 18.9. The number of rotatable bonds is 8. The molecule has 0 bridgehead atoms. The minimum absolute atomic E-state index is 0.0983. The van der Waals surface area contributed by atoms with Gasteiger partial charge in [0.15, 0.2) is 0 Å². The molecule has 0 saturated carbocycles. The summed E-state index contributed by atoms with van der Waals surface area (Å²) in [5.74, 6) is 1.74. The van der Waals surface area contributed by atoms with Crippen LogP contribution in [-0.2, 0) is 4.79 Å². The topological polar surface area (TPSA) is 70.6 Å². The number of benzene rings is 2. The van der Waals surface area contributed by atoms with Gasteiger partial charge in [-0.05, 0) is 31.2 Å². The molecule has 0 spiro atoms. The number of hydrogen-bond acceptors (Lipinski definition) is 7. The number of para-hydroxylation sites is 3. The highest BCUT2D eigenvalue weighted by molar-refractivity contribution is 7.99. The van der Waals surface area contributed by atoms with E-state index in [1.807, 2.05) is 43.3 Å². The second kappa shape index (κ2) is 10.9. The Balaban J connectivity index is 1.30. The molecule has 1 aliphatic rings. The molecule has 3 aromatic rings. The average Bonchev–Trinajstić information content (AvgIpc) is 2.85. The van der Waals surface area contributed by atoms with Gasteiger partial charge in [0.25, 0.3) is 0 Å². The van der Waals surface area contributed by atoms with Crippen LogP contribution in [0.2, 0.25) is 0 Å². The molecule has 1 aliphatic heterocycles. The van der Waals surface area contributed by atoms with Gasteiger partial charge in [0.05, 0.1) is 18.0 Å². The number of hydrogen-bond donors (Lipinski definition) is 1. The highest BCUT2D eigenvalue weighted by Crippen LogP contribution is 2.25. The fraction of sp³-hybridized carbons (Fsp3) is 0.292. The van der Waals surface area contributed by atoms with Gasteiger partial charge >= 0.3 is 0 Å². The number of carbonyl (C=O) groups excluding carboxylic acids is 1. The van der Waals surface area contributed by atoms with Crippen LogP contribution < -0.4 is 19.9 Å². The van der Waals surface area contributed by atoms with Gasteiger partial charge in [0, 0.05) is 37.9 Å². The van der Waals surface area contributed by atoms with Crippen LogP contribution in [0.3, 0.4) is 0 Å². The number of ether oxygens (including phenoxy) is 1. The molecular formula is C24H27N5O2S. The monoisotopic (exact) mass is 449 g/mol. The third-order valence-corrected chi connectivity index (χ3v) is 6.09. The molecule has 1 aromatic heterocycles. The molecule has 8 heteroatoms. The second-order valence-electron chi connectivity index (χ2n) is 7.29. The van der Waals surface area contributed by atoms with Crippen LogP contribution in [0.25, 0.3) is 0 Å². The lowest BCUT2D eigenvalue weighted by Crippen LogP contribution is -2.46. The first-order chi connectivity index (χ1) is 15.7. The van der Waals surface area contributed by atoms with Gasteiger partial charge in [-0.2, -0.15) is 0 Å². The largest absolute Gasteiger partial charge is 0.492 e. The first-order valence-corrected chi connectivity index (χ1v) is 11.7. The summed E-state index contributed by atoms with van der Waals surface area (Å²) in [7, 11) is 0. The summed E-state index contributed by atoms with van der Waals surface area (Å²) in [5.41, 5.74) is 1.93. The molecule has 32 heavy (non-hydrogen) atoms. The standard InChI is InChI=1S/C24H27N5O2S/c1-2-31-21-11-7-6-10-20(21)27-23(30)17-32-24-16-22(25-18-26-24)29-14-12-28(13-15-29)19-8-4-3-5-9-19/h3-11,16,18H,2,12-15,17H2,1H3,(H,27,30). The van der Waals surface area contributed by atoms with Crippen LogP contribution in [0.1, 0.15) is 6.92 Å². The molecular weight excluding hydrogens is 422 g/mol. The third-order valence-electron chi connectivity index (χ3n) is 5.16. The normalized spacial score (nSPS) is 13.7. The predicted octanol–water partition coefficient (Wildman–Crippen LogP) is 3.93. The van der Waals surface area contributed by atoms with Gasteiger partial charge in [0.2, 0.25) is 5.91 Å². The Hall–Kier alpha value is -3.26. The summed E-state index contributed by atoms with van der Waals surface area (Å²) in [6.45, 7) is 6.14. The number of nitrogens with one attached hydrogen (secondary N) is 1. The van der Waals surface area contributed by atoms with Crippen LogP contribution in [0.4, 0.5) is 17.2 Å².